The predicted molar refractivity (Wildman–Crippen MR) is 69.5 cm³/mol. The minimum Gasteiger partial charge on any atom is -0.323 e. The van der Waals surface area contributed by atoms with Crippen molar-refractivity contribution in [2.24, 2.45) is 10.8 Å². The van der Waals surface area contributed by atoms with Crippen LogP contribution in [0.2, 0.25) is 0 Å². The van der Waals surface area contributed by atoms with Crippen LogP contribution in [0.1, 0.15) is 53.9 Å². The molecule has 1 saturated heterocycles. The average molecular weight is 238 g/mol. The first-order valence-electron chi connectivity index (χ1n) is 6.75. The Morgan fingerprint density at radius 1 is 1.18 bits per heavy atom. The van der Waals surface area contributed by atoms with Crippen molar-refractivity contribution < 1.29 is 4.79 Å². The van der Waals surface area contributed by atoms with Crippen molar-refractivity contribution in [2.75, 3.05) is 6.54 Å². The van der Waals surface area contributed by atoms with E-state index in [1.165, 1.54) is 6.42 Å². The van der Waals surface area contributed by atoms with Gasteiger partial charge in [0.25, 0.3) is 0 Å². The molecule has 3 nitrogen and oxygen atoms in total. The fraction of sp³-hybridized carbons (Fsp3) is 0.929. The van der Waals surface area contributed by atoms with Crippen LogP contribution in [-0.2, 0) is 4.79 Å². The molecule has 1 aliphatic carbocycles. The summed E-state index contributed by atoms with van der Waals surface area (Å²) in [5.41, 5.74) is 0.685. The molecule has 0 aromatic heterocycles. The van der Waals surface area contributed by atoms with Crippen LogP contribution in [-0.4, -0.2) is 29.6 Å². The number of carbonyl (C=O) groups excluding carboxylic acids is 1. The zero-order valence-corrected chi connectivity index (χ0v) is 11.8. The smallest absolute Gasteiger partial charge is 0.238 e. The molecule has 1 unspecified atom stereocenters. The molecule has 2 fully saturated rings. The van der Waals surface area contributed by atoms with Gasteiger partial charge in [-0.1, -0.05) is 27.7 Å². The van der Waals surface area contributed by atoms with Gasteiger partial charge in [-0.25, -0.2) is 0 Å². The van der Waals surface area contributed by atoms with Crippen molar-refractivity contribution in [2.45, 2.75) is 66.1 Å². The first-order chi connectivity index (χ1) is 7.70. The SMILES string of the molecule is CC1NCC(=O)N1C1CC(C)(C)CC(C)(C)C1. The maximum Gasteiger partial charge on any atom is 0.238 e. The highest BCUT2D eigenvalue weighted by atomic mass is 16.2. The molecule has 1 amide bonds. The summed E-state index contributed by atoms with van der Waals surface area (Å²) in [6, 6.07) is 0.409. The standard InChI is InChI=1S/C14H26N2O/c1-10-15-8-12(17)16(10)11-6-13(2,3)9-14(4,5)7-11/h10-11,15H,6-9H2,1-5H3. The van der Waals surface area contributed by atoms with Gasteiger partial charge in [0.1, 0.15) is 0 Å². The van der Waals surface area contributed by atoms with E-state index < -0.39 is 0 Å². The van der Waals surface area contributed by atoms with Gasteiger partial charge < -0.3 is 4.90 Å². The van der Waals surface area contributed by atoms with E-state index in [1.54, 1.807) is 0 Å². The molecule has 1 heterocycles. The molecule has 0 radical (unpaired) electrons. The van der Waals surface area contributed by atoms with Gasteiger partial charge in [0, 0.05) is 6.04 Å². The summed E-state index contributed by atoms with van der Waals surface area (Å²) < 4.78 is 0. The highest BCUT2D eigenvalue weighted by Crippen LogP contribution is 2.47. The first kappa shape index (κ1) is 12.9. The minimum atomic E-state index is 0.206. The number of carbonyl (C=O) groups is 1. The number of hydrogen-bond donors (Lipinski definition) is 1. The molecular formula is C14H26N2O. The van der Waals surface area contributed by atoms with Crippen molar-refractivity contribution >= 4 is 5.91 Å². The van der Waals surface area contributed by atoms with E-state index in [2.05, 4.69) is 44.8 Å². The van der Waals surface area contributed by atoms with E-state index in [9.17, 15) is 4.79 Å². The molecule has 2 rings (SSSR count). The second-order valence-electron chi connectivity index (χ2n) is 7.43. The Kier molecular flexibility index (Phi) is 3.01. The van der Waals surface area contributed by atoms with Gasteiger partial charge in [-0.05, 0) is 37.0 Å². The summed E-state index contributed by atoms with van der Waals surface area (Å²) in [4.78, 5) is 14.1. The van der Waals surface area contributed by atoms with Gasteiger partial charge in [0.15, 0.2) is 0 Å². The van der Waals surface area contributed by atoms with Crippen LogP contribution < -0.4 is 5.32 Å². The number of hydrogen-bond acceptors (Lipinski definition) is 2. The van der Waals surface area contributed by atoms with E-state index >= 15 is 0 Å². The highest BCUT2D eigenvalue weighted by molar-refractivity contribution is 5.81. The monoisotopic (exact) mass is 238 g/mol. The van der Waals surface area contributed by atoms with Crippen LogP contribution >= 0.6 is 0 Å². The number of amides is 1. The Labute approximate surface area is 105 Å². The number of nitrogens with one attached hydrogen (secondary N) is 1. The number of nitrogens with zero attached hydrogens (tertiary/aromatic N) is 1. The Hall–Kier alpha value is -0.570. The molecule has 1 atom stereocenters. The Bertz CT molecular complexity index is 306. The lowest BCUT2D eigenvalue weighted by atomic mass is 9.63. The Morgan fingerprint density at radius 3 is 2.12 bits per heavy atom. The molecule has 1 N–H and O–H groups in total. The van der Waals surface area contributed by atoms with Crippen molar-refractivity contribution in [3.63, 3.8) is 0 Å². The summed E-state index contributed by atoms with van der Waals surface area (Å²) >= 11 is 0. The summed E-state index contributed by atoms with van der Waals surface area (Å²) in [6.45, 7) is 11.9. The summed E-state index contributed by atoms with van der Waals surface area (Å²) in [6.07, 6.45) is 3.72. The van der Waals surface area contributed by atoms with Crippen LogP contribution in [0.3, 0.4) is 0 Å². The van der Waals surface area contributed by atoms with Crippen LogP contribution in [0, 0.1) is 10.8 Å². The zero-order valence-electron chi connectivity index (χ0n) is 11.8. The zero-order chi connectivity index (χ0) is 12.8. The lowest BCUT2D eigenvalue weighted by molar-refractivity contribution is -0.132. The first-order valence-corrected chi connectivity index (χ1v) is 6.75. The second kappa shape index (κ2) is 3.98. The molecule has 0 spiro atoms. The molecular weight excluding hydrogens is 212 g/mol. The maximum atomic E-state index is 12.0. The van der Waals surface area contributed by atoms with Crippen LogP contribution in [0.4, 0.5) is 0 Å². The molecule has 1 aliphatic heterocycles. The molecule has 1 saturated carbocycles. The van der Waals surface area contributed by atoms with E-state index in [-0.39, 0.29) is 12.1 Å². The molecule has 3 heteroatoms. The van der Waals surface area contributed by atoms with Gasteiger partial charge in [0.05, 0.1) is 12.7 Å². The summed E-state index contributed by atoms with van der Waals surface area (Å²) in [5, 5.41) is 3.25. The molecule has 0 aromatic carbocycles. The van der Waals surface area contributed by atoms with Crippen molar-refractivity contribution in [3.8, 4) is 0 Å². The molecule has 98 valence electrons. The van der Waals surface area contributed by atoms with E-state index in [1.807, 2.05) is 0 Å². The van der Waals surface area contributed by atoms with Gasteiger partial charge >= 0.3 is 0 Å². The van der Waals surface area contributed by atoms with Gasteiger partial charge in [-0.15, -0.1) is 0 Å². The van der Waals surface area contributed by atoms with E-state index in [0.717, 1.165) is 12.8 Å². The predicted octanol–water partition coefficient (Wildman–Crippen LogP) is 2.37. The Balaban J connectivity index is 2.18. The third-order valence-electron chi connectivity index (χ3n) is 4.18. The van der Waals surface area contributed by atoms with Crippen LogP contribution in [0.25, 0.3) is 0 Å². The quantitative estimate of drug-likeness (QED) is 0.760. The third kappa shape index (κ3) is 2.65. The van der Waals surface area contributed by atoms with Crippen molar-refractivity contribution in [1.29, 1.82) is 0 Å². The van der Waals surface area contributed by atoms with Crippen molar-refractivity contribution in [1.82, 2.24) is 10.2 Å². The molecule has 0 aromatic rings. The molecule has 2 aliphatic rings. The fourth-order valence-corrected chi connectivity index (χ4v) is 4.14. The van der Waals surface area contributed by atoms with Gasteiger partial charge in [0.2, 0.25) is 5.91 Å². The summed E-state index contributed by atoms with van der Waals surface area (Å²) in [5.74, 6) is 0.274. The average Bonchev–Trinajstić information content (AvgIpc) is 2.40. The minimum absolute atomic E-state index is 0.206. The topological polar surface area (TPSA) is 32.3 Å². The van der Waals surface area contributed by atoms with E-state index in [0.29, 0.717) is 23.4 Å². The van der Waals surface area contributed by atoms with Crippen molar-refractivity contribution in [3.05, 3.63) is 0 Å². The lowest BCUT2D eigenvalue weighted by Crippen LogP contribution is -2.50. The summed E-state index contributed by atoms with van der Waals surface area (Å²) in [7, 11) is 0. The highest BCUT2D eigenvalue weighted by Gasteiger charge is 2.44. The largest absolute Gasteiger partial charge is 0.323 e. The Morgan fingerprint density at radius 2 is 1.71 bits per heavy atom. The number of rotatable bonds is 1. The normalized spacial score (nSPS) is 33.1. The van der Waals surface area contributed by atoms with Crippen LogP contribution in [0.5, 0.6) is 0 Å². The van der Waals surface area contributed by atoms with E-state index in [4.69, 9.17) is 0 Å². The molecule has 17 heavy (non-hydrogen) atoms. The maximum absolute atomic E-state index is 12.0. The lowest BCUT2D eigenvalue weighted by Gasteiger charge is -2.48. The fourth-order valence-electron chi connectivity index (χ4n) is 4.14. The van der Waals surface area contributed by atoms with Gasteiger partial charge in [-0.3, -0.25) is 10.1 Å². The van der Waals surface area contributed by atoms with Gasteiger partial charge in [-0.2, -0.15) is 0 Å². The van der Waals surface area contributed by atoms with Crippen LogP contribution in [0.15, 0.2) is 0 Å². The second-order valence-corrected chi connectivity index (χ2v) is 7.43. The molecule has 0 bridgehead atoms. The third-order valence-corrected chi connectivity index (χ3v) is 4.18.